The summed E-state index contributed by atoms with van der Waals surface area (Å²) in [5.74, 6) is 0.168. The highest BCUT2D eigenvalue weighted by molar-refractivity contribution is 7.92. The summed E-state index contributed by atoms with van der Waals surface area (Å²) in [4.78, 5) is 2.18. The van der Waals surface area contributed by atoms with Gasteiger partial charge in [0.05, 0.1) is 10.5 Å². The van der Waals surface area contributed by atoms with E-state index in [-0.39, 0.29) is 11.8 Å². The van der Waals surface area contributed by atoms with Gasteiger partial charge in [-0.1, -0.05) is 18.2 Å². The van der Waals surface area contributed by atoms with Crippen molar-refractivity contribution in [2.24, 2.45) is 5.73 Å². The zero-order chi connectivity index (χ0) is 15.7. The number of nitrogens with two attached hydrogens (primary N) is 1. The van der Waals surface area contributed by atoms with Crippen molar-refractivity contribution >= 4 is 15.5 Å². The molecule has 1 aromatic rings. The molecule has 0 bridgehead atoms. The lowest BCUT2D eigenvalue weighted by Gasteiger charge is -2.39. The first-order valence-electron chi connectivity index (χ1n) is 7.53. The number of rotatable bonds is 4. The Hall–Kier alpha value is -1.07. The van der Waals surface area contributed by atoms with Crippen molar-refractivity contribution in [3.8, 4) is 0 Å². The summed E-state index contributed by atoms with van der Waals surface area (Å²) in [6.45, 7) is 6.34. The zero-order valence-electron chi connectivity index (χ0n) is 13.2. The standard InChI is InChI=1S/C16H26N2O2S/c1-16(2,3)21(19,20)11-10-18-14(12-17)9-8-13-6-4-5-7-15(13)18/h4-7,14H,8-12,17H2,1-3H3. The lowest BCUT2D eigenvalue weighted by molar-refractivity contribution is 0.531. The van der Waals surface area contributed by atoms with E-state index in [1.807, 2.05) is 12.1 Å². The van der Waals surface area contributed by atoms with Gasteiger partial charge in [-0.3, -0.25) is 0 Å². The van der Waals surface area contributed by atoms with Crippen LogP contribution in [0.1, 0.15) is 32.8 Å². The predicted octanol–water partition coefficient (Wildman–Crippen LogP) is 1.98. The molecule has 0 amide bonds. The second-order valence-corrected chi connectivity index (χ2v) is 9.54. The Morgan fingerprint density at radius 3 is 2.57 bits per heavy atom. The molecule has 2 rings (SSSR count). The molecule has 1 aliphatic rings. The van der Waals surface area contributed by atoms with E-state index in [4.69, 9.17) is 5.73 Å². The molecule has 1 unspecified atom stereocenters. The summed E-state index contributed by atoms with van der Waals surface area (Å²) in [5, 5.41) is 0. The Bertz CT molecular complexity index is 591. The molecule has 0 saturated heterocycles. The fourth-order valence-electron chi connectivity index (χ4n) is 2.75. The lowest BCUT2D eigenvalue weighted by atomic mass is 9.96. The summed E-state index contributed by atoms with van der Waals surface area (Å²) in [6, 6.07) is 8.46. The van der Waals surface area contributed by atoms with Gasteiger partial charge in [0.25, 0.3) is 0 Å². The van der Waals surface area contributed by atoms with Crippen LogP contribution in [0.25, 0.3) is 0 Å². The molecule has 0 saturated carbocycles. The topological polar surface area (TPSA) is 63.4 Å². The van der Waals surface area contributed by atoms with E-state index < -0.39 is 14.6 Å². The maximum absolute atomic E-state index is 12.3. The van der Waals surface area contributed by atoms with Crippen molar-refractivity contribution in [2.45, 2.75) is 44.4 Å². The van der Waals surface area contributed by atoms with Gasteiger partial charge in [-0.05, 0) is 45.2 Å². The van der Waals surface area contributed by atoms with Crippen LogP contribution in [0.15, 0.2) is 24.3 Å². The van der Waals surface area contributed by atoms with Crippen molar-refractivity contribution in [2.75, 3.05) is 23.7 Å². The number of para-hydroxylation sites is 1. The zero-order valence-corrected chi connectivity index (χ0v) is 14.0. The Morgan fingerprint density at radius 2 is 1.95 bits per heavy atom. The smallest absolute Gasteiger partial charge is 0.156 e. The molecule has 0 fully saturated rings. The average molecular weight is 310 g/mol. The number of sulfone groups is 1. The molecular formula is C16H26N2O2S. The maximum atomic E-state index is 12.3. The summed E-state index contributed by atoms with van der Waals surface area (Å²) in [5.41, 5.74) is 8.31. The minimum atomic E-state index is -3.11. The Morgan fingerprint density at radius 1 is 1.29 bits per heavy atom. The van der Waals surface area contributed by atoms with Crippen LogP contribution in [-0.2, 0) is 16.3 Å². The second-order valence-electron chi connectivity index (χ2n) is 6.68. The summed E-state index contributed by atoms with van der Waals surface area (Å²) in [7, 11) is -3.11. The highest BCUT2D eigenvalue weighted by Crippen LogP contribution is 2.30. The number of anilines is 1. The third-order valence-electron chi connectivity index (χ3n) is 4.29. The minimum absolute atomic E-state index is 0.168. The third-order valence-corrected chi connectivity index (χ3v) is 6.88. The van der Waals surface area contributed by atoms with E-state index in [2.05, 4.69) is 17.0 Å². The van der Waals surface area contributed by atoms with Crippen LogP contribution >= 0.6 is 0 Å². The first kappa shape index (κ1) is 16.3. The number of aryl methyl sites for hydroxylation is 1. The molecule has 4 nitrogen and oxygen atoms in total. The molecule has 1 heterocycles. The highest BCUT2D eigenvalue weighted by atomic mass is 32.2. The normalized spacial score (nSPS) is 19.4. The van der Waals surface area contributed by atoms with Crippen LogP contribution in [0.3, 0.4) is 0 Å². The summed E-state index contributed by atoms with van der Waals surface area (Å²) >= 11 is 0. The van der Waals surface area contributed by atoms with Crippen molar-refractivity contribution in [3.63, 3.8) is 0 Å². The molecule has 21 heavy (non-hydrogen) atoms. The van der Waals surface area contributed by atoms with Gasteiger partial charge in [-0.25, -0.2) is 8.42 Å². The number of hydrogen-bond acceptors (Lipinski definition) is 4. The lowest BCUT2D eigenvalue weighted by Crippen LogP contribution is -2.47. The summed E-state index contributed by atoms with van der Waals surface area (Å²) < 4.78 is 24.0. The van der Waals surface area contributed by atoms with Crippen LogP contribution in [0.5, 0.6) is 0 Å². The van der Waals surface area contributed by atoms with Crippen LogP contribution in [0, 0.1) is 0 Å². The fourth-order valence-corrected chi connectivity index (χ4v) is 3.80. The van der Waals surface area contributed by atoms with E-state index in [1.165, 1.54) is 5.56 Å². The van der Waals surface area contributed by atoms with Crippen LogP contribution in [0.4, 0.5) is 5.69 Å². The Labute approximate surface area is 128 Å². The van der Waals surface area contributed by atoms with Gasteiger partial charge in [0.15, 0.2) is 9.84 Å². The van der Waals surface area contributed by atoms with Gasteiger partial charge < -0.3 is 10.6 Å². The Balaban J connectivity index is 2.21. The van der Waals surface area contributed by atoms with E-state index in [9.17, 15) is 8.42 Å². The van der Waals surface area contributed by atoms with Gasteiger partial charge in [0.2, 0.25) is 0 Å². The SMILES string of the molecule is CC(C)(C)S(=O)(=O)CCN1c2ccccc2CCC1CN. The first-order chi connectivity index (χ1) is 9.76. The van der Waals surface area contributed by atoms with Gasteiger partial charge in [0.1, 0.15) is 0 Å². The molecule has 0 radical (unpaired) electrons. The Kier molecular flexibility index (Phi) is 4.63. The first-order valence-corrected chi connectivity index (χ1v) is 9.18. The van der Waals surface area contributed by atoms with Crippen molar-refractivity contribution in [3.05, 3.63) is 29.8 Å². The molecular weight excluding hydrogens is 284 g/mol. The van der Waals surface area contributed by atoms with Gasteiger partial charge in [-0.15, -0.1) is 0 Å². The molecule has 1 atom stereocenters. The quantitative estimate of drug-likeness (QED) is 0.923. The van der Waals surface area contributed by atoms with Gasteiger partial charge in [-0.2, -0.15) is 0 Å². The third kappa shape index (κ3) is 3.40. The maximum Gasteiger partial charge on any atom is 0.156 e. The fraction of sp³-hybridized carbons (Fsp3) is 0.625. The number of hydrogen-bond donors (Lipinski definition) is 1. The van der Waals surface area contributed by atoms with Gasteiger partial charge >= 0.3 is 0 Å². The molecule has 2 N–H and O–H groups in total. The van der Waals surface area contributed by atoms with E-state index in [1.54, 1.807) is 20.8 Å². The number of benzene rings is 1. The van der Waals surface area contributed by atoms with Crippen LogP contribution in [-0.4, -0.2) is 38.0 Å². The highest BCUT2D eigenvalue weighted by Gasteiger charge is 2.31. The molecule has 1 aliphatic heterocycles. The molecule has 5 heteroatoms. The predicted molar refractivity (Wildman–Crippen MR) is 88.5 cm³/mol. The average Bonchev–Trinajstić information content (AvgIpc) is 2.43. The second kappa shape index (κ2) is 5.97. The molecule has 1 aromatic carbocycles. The van der Waals surface area contributed by atoms with Crippen molar-refractivity contribution in [1.82, 2.24) is 0 Å². The summed E-state index contributed by atoms with van der Waals surface area (Å²) in [6.07, 6.45) is 2.00. The molecule has 118 valence electrons. The van der Waals surface area contributed by atoms with Crippen LogP contribution < -0.4 is 10.6 Å². The molecule has 0 aromatic heterocycles. The van der Waals surface area contributed by atoms with Crippen molar-refractivity contribution in [1.29, 1.82) is 0 Å². The van der Waals surface area contributed by atoms with E-state index >= 15 is 0 Å². The monoisotopic (exact) mass is 310 g/mol. The van der Waals surface area contributed by atoms with Crippen molar-refractivity contribution < 1.29 is 8.42 Å². The minimum Gasteiger partial charge on any atom is -0.366 e. The molecule has 0 spiro atoms. The van der Waals surface area contributed by atoms with E-state index in [0.29, 0.717) is 13.1 Å². The largest absolute Gasteiger partial charge is 0.366 e. The van der Waals surface area contributed by atoms with Crippen LogP contribution in [0.2, 0.25) is 0 Å². The molecule has 0 aliphatic carbocycles. The van der Waals surface area contributed by atoms with Gasteiger partial charge in [0, 0.05) is 24.8 Å². The number of fused-ring (bicyclic) bond motifs is 1. The number of nitrogens with zero attached hydrogens (tertiary/aromatic N) is 1. The van der Waals surface area contributed by atoms with E-state index in [0.717, 1.165) is 18.5 Å².